The van der Waals surface area contributed by atoms with Crippen molar-refractivity contribution in [1.29, 1.82) is 0 Å². The minimum Gasteiger partial charge on any atom is -0.354 e. The van der Waals surface area contributed by atoms with E-state index in [-0.39, 0.29) is 23.7 Å². The first kappa shape index (κ1) is 23.2. The van der Waals surface area contributed by atoms with Crippen LogP contribution < -0.4 is 15.5 Å². The monoisotopic (exact) mass is 394 g/mol. The molecule has 0 aromatic rings. The maximum atomic E-state index is 12.7. The Morgan fingerprint density at radius 3 is 2.14 bits per heavy atom. The fourth-order valence-corrected chi connectivity index (χ4v) is 5.11. The second kappa shape index (κ2) is 11.2. The first-order valence-corrected chi connectivity index (χ1v) is 11.7. The number of likely N-dealkylation sites (tertiary alicyclic amines) is 1. The summed E-state index contributed by atoms with van der Waals surface area (Å²) in [5.41, 5.74) is 0. The Morgan fingerprint density at radius 2 is 1.57 bits per heavy atom. The average Bonchev–Trinajstić information content (AvgIpc) is 2.62. The van der Waals surface area contributed by atoms with Crippen LogP contribution in [0.5, 0.6) is 0 Å². The molecule has 2 aliphatic rings. The quantitative estimate of drug-likeness (QED) is 0.552. The number of piperidine rings is 1. The Hall–Kier alpha value is -1.10. The lowest BCUT2D eigenvalue weighted by atomic mass is 9.82. The molecule has 1 aliphatic carbocycles. The fourth-order valence-electron chi connectivity index (χ4n) is 5.11. The van der Waals surface area contributed by atoms with Crippen molar-refractivity contribution in [2.75, 3.05) is 26.2 Å². The third-order valence-corrected chi connectivity index (χ3v) is 6.72. The number of carbonyl (C=O) groups excluding carboxylic acids is 2. The molecule has 2 rings (SSSR count). The predicted molar refractivity (Wildman–Crippen MR) is 114 cm³/mol. The molecule has 162 valence electrons. The highest BCUT2D eigenvalue weighted by atomic mass is 16.2. The average molecular weight is 395 g/mol. The first-order valence-electron chi connectivity index (χ1n) is 11.7. The topological polar surface area (TPSA) is 62.6 Å². The van der Waals surface area contributed by atoms with Gasteiger partial charge in [0.2, 0.25) is 11.8 Å². The zero-order chi connectivity index (χ0) is 20.7. The number of rotatable bonds is 8. The van der Waals surface area contributed by atoms with Gasteiger partial charge in [-0.1, -0.05) is 34.6 Å². The largest absolute Gasteiger partial charge is 0.354 e. The van der Waals surface area contributed by atoms with E-state index in [0.29, 0.717) is 6.54 Å². The Kier molecular flexibility index (Phi) is 9.26. The van der Waals surface area contributed by atoms with Crippen LogP contribution in [0.15, 0.2) is 0 Å². The second-order valence-corrected chi connectivity index (χ2v) is 10.2. The van der Waals surface area contributed by atoms with Crippen LogP contribution in [-0.2, 0) is 9.59 Å². The normalized spacial score (nSPS) is 32.0. The Labute approximate surface area is 172 Å². The molecule has 3 N–H and O–H groups in total. The molecule has 0 spiro atoms. The second-order valence-electron chi connectivity index (χ2n) is 10.2. The van der Waals surface area contributed by atoms with Gasteiger partial charge in [-0.2, -0.15) is 0 Å². The van der Waals surface area contributed by atoms with Gasteiger partial charge in [-0.05, 0) is 43.9 Å². The van der Waals surface area contributed by atoms with Gasteiger partial charge in [0.05, 0.1) is 19.6 Å². The maximum absolute atomic E-state index is 12.7. The molecule has 1 aliphatic heterocycles. The highest BCUT2D eigenvalue weighted by Gasteiger charge is 2.30. The standard InChI is InChI=1S/C23H43N3O2/c1-16(2)21(25-22(27)20-9-7-17(3)8-10-20)23(28)24-11-6-12-26-14-18(4)13-19(5)15-26/h16-21H,6-15H2,1-5H3,(H,24,28)(H,25,27)/p+1/t17?,18-,19-,20?,21+/m0/s1. The smallest absolute Gasteiger partial charge is 0.242 e. The highest BCUT2D eigenvalue weighted by molar-refractivity contribution is 5.88. The maximum Gasteiger partial charge on any atom is 0.242 e. The van der Waals surface area contributed by atoms with Crippen LogP contribution in [0.4, 0.5) is 0 Å². The molecule has 0 radical (unpaired) electrons. The van der Waals surface area contributed by atoms with Crippen molar-refractivity contribution >= 4 is 11.8 Å². The minimum atomic E-state index is -0.422. The predicted octanol–water partition coefficient (Wildman–Crippen LogP) is 2.02. The van der Waals surface area contributed by atoms with Gasteiger partial charge in [0, 0.05) is 30.7 Å². The van der Waals surface area contributed by atoms with Gasteiger partial charge in [0.15, 0.2) is 0 Å². The molecule has 0 bridgehead atoms. The summed E-state index contributed by atoms with van der Waals surface area (Å²) < 4.78 is 0. The van der Waals surface area contributed by atoms with Crippen molar-refractivity contribution in [2.24, 2.45) is 29.6 Å². The van der Waals surface area contributed by atoms with E-state index in [4.69, 9.17) is 0 Å². The molecule has 5 nitrogen and oxygen atoms in total. The Morgan fingerprint density at radius 1 is 0.964 bits per heavy atom. The van der Waals surface area contributed by atoms with Gasteiger partial charge in [-0.3, -0.25) is 9.59 Å². The van der Waals surface area contributed by atoms with Crippen LogP contribution in [0.1, 0.15) is 73.1 Å². The molecule has 1 saturated heterocycles. The summed E-state index contributed by atoms with van der Waals surface area (Å²) in [4.78, 5) is 27.0. The van der Waals surface area contributed by atoms with Crippen molar-refractivity contribution in [1.82, 2.24) is 10.6 Å². The molecule has 2 amide bonds. The van der Waals surface area contributed by atoms with Crippen molar-refractivity contribution < 1.29 is 14.5 Å². The highest BCUT2D eigenvalue weighted by Crippen LogP contribution is 2.28. The van der Waals surface area contributed by atoms with E-state index < -0.39 is 6.04 Å². The summed E-state index contributed by atoms with van der Waals surface area (Å²) in [6.07, 6.45) is 6.48. The van der Waals surface area contributed by atoms with Crippen LogP contribution in [-0.4, -0.2) is 44.0 Å². The summed E-state index contributed by atoms with van der Waals surface area (Å²) in [5.74, 6) is 2.55. The molecular weight excluding hydrogens is 350 g/mol. The summed E-state index contributed by atoms with van der Waals surface area (Å²) in [5, 5.41) is 6.12. The molecule has 28 heavy (non-hydrogen) atoms. The van der Waals surface area contributed by atoms with E-state index in [1.807, 2.05) is 13.8 Å². The van der Waals surface area contributed by atoms with Crippen molar-refractivity contribution in [3.8, 4) is 0 Å². The number of hydrogen-bond acceptors (Lipinski definition) is 2. The fraction of sp³-hybridized carbons (Fsp3) is 0.913. The molecular formula is C23H44N3O2+. The summed E-state index contributed by atoms with van der Waals surface area (Å²) >= 11 is 0. The lowest BCUT2D eigenvalue weighted by molar-refractivity contribution is -0.912. The van der Waals surface area contributed by atoms with E-state index in [1.54, 1.807) is 4.90 Å². The third kappa shape index (κ3) is 7.38. The van der Waals surface area contributed by atoms with Gasteiger partial charge >= 0.3 is 0 Å². The van der Waals surface area contributed by atoms with E-state index in [9.17, 15) is 9.59 Å². The lowest BCUT2D eigenvalue weighted by Gasteiger charge is -2.32. The van der Waals surface area contributed by atoms with Gasteiger partial charge in [-0.15, -0.1) is 0 Å². The summed E-state index contributed by atoms with van der Waals surface area (Å²) in [6.45, 7) is 15.3. The molecule has 1 saturated carbocycles. The van der Waals surface area contributed by atoms with Gasteiger partial charge in [-0.25, -0.2) is 0 Å². The SMILES string of the molecule is CC1CCC(C(=O)N[C@@H](C(=O)NCCC[NH+]2C[C@@H](C)C[C@H](C)C2)C(C)C)CC1. The van der Waals surface area contributed by atoms with E-state index in [1.165, 1.54) is 19.5 Å². The molecule has 0 aromatic heterocycles. The van der Waals surface area contributed by atoms with Crippen molar-refractivity contribution in [3.05, 3.63) is 0 Å². The lowest BCUT2D eigenvalue weighted by Crippen LogP contribution is -3.14. The van der Waals surface area contributed by atoms with Crippen LogP contribution in [0.3, 0.4) is 0 Å². The molecule has 0 aromatic carbocycles. The van der Waals surface area contributed by atoms with Crippen LogP contribution in [0, 0.1) is 29.6 Å². The van der Waals surface area contributed by atoms with E-state index >= 15 is 0 Å². The van der Waals surface area contributed by atoms with Crippen molar-refractivity contribution in [3.63, 3.8) is 0 Å². The summed E-state index contributed by atoms with van der Waals surface area (Å²) in [6, 6.07) is -0.422. The molecule has 5 heteroatoms. The zero-order valence-corrected chi connectivity index (χ0v) is 18.9. The number of hydrogen-bond donors (Lipinski definition) is 3. The third-order valence-electron chi connectivity index (χ3n) is 6.72. The molecule has 1 heterocycles. The number of nitrogens with one attached hydrogen (secondary N) is 3. The van der Waals surface area contributed by atoms with Gasteiger partial charge in [0.1, 0.15) is 6.04 Å². The Balaban J connectivity index is 1.72. The van der Waals surface area contributed by atoms with Gasteiger partial charge in [0.25, 0.3) is 0 Å². The minimum absolute atomic E-state index is 0.0251. The van der Waals surface area contributed by atoms with Crippen LogP contribution >= 0.6 is 0 Å². The molecule has 3 atom stereocenters. The van der Waals surface area contributed by atoms with E-state index in [0.717, 1.165) is 56.4 Å². The first-order chi connectivity index (χ1) is 13.3. The van der Waals surface area contributed by atoms with Crippen LogP contribution in [0.2, 0.25) is 0 Å². The van der Waals surface area contributed by atoms with E-state index in [2.05, 4.69) is 31.4 Å². The Bertz CT molecular complexity index is 490. The molecule has 2 fully saturated rings. The number of amides is 2. The summed E-state index contributed by atoms with van der Waals surface area (Å²) in [7, 11) is 0. The van der Waals surface area contributed by atoms with Crippen LogP contribution in [0.25, 0.3) is 0 Å². The van der Waals surface area contributed by atoms with Crippen molar-refractivity contribution in [2.45, 2.75) is 79.2 Å². The van der Waals surface area contributed by atoms with Gasteiger partial charge < -0.3 is 15.5 Å². The number of quaternary nitrogens is 1. The molecule has 0 unspecified atom stereocenters. The zero-order valence-electron chi connectivity index (χ0n) is 18.9. The number of carbonyl (C=O) groups is 2.